The van der Waals surface area contributed by atoms with E-state index >= 15 is 0 Å². The summed E-state index contributed by atoms with van der Waals surface area (Å²) in [6, 6.07) is 19.0. The number of hydrogen-bond donors (Lipinski definition) is 1. The van der Waals surface area contributed by atoms with Gasteiger partial charge in [-0.2, -0.15) is 0 Å². The molecule has 4 aromatic rings. The van der Waals surface area contributed by atoms with Crippen LogP contribution >= 0.6 is 39.0 Å². The molecule has 1 amide bonds. The third kappa shape index (κ3) is 4.77. The fraction of sp³-hybridized carbons (Fsp3) is 0.0952. The van der Waals surface area contributed by atoms with Crippen molar-refractivity contribution in [2.75, 3.05) is 11.1 Å². The average Bonchev–Trinajstić information content (AvgIpc) is 3.20. The van der Waals surface area contributed by atoms with E-state index in [2.05, 4.69) is 26.2 Å². The first-order valence-corrected chi connectivity index (χ1v) is 11.5. The monoisotopic (exact) mass is 485 g/mol. The van der Waals surface area contributed by atoms with Gasteiger partial charge in [-0.3, -0.25) is 14.2 Å². The lowest BCUT2D eigenvalue weighted by Crippen LogP contribution is -2.24. The van der Waals surface area contributed by atoms with Crippen molar-refractivity contribution < 1.29 is 4.79 Å². The van der Waals surface area contributed by atoms with Gasteiger partial charge in [-0.1, -0.05) is 58.0 Å². The van der Waals surface area contributed by atoms with Crippen LogP contribution in [0.5, 0.6) is 0 Å². The van der Waals surface area contributed by atoms with E-state index in [1.165, 1.54) is 23.1 Å². The minimum absolute atomic E-state index is 0.0790. The minimum Gasteiger partial charge on any atom is -0.325 e. The molecule has 1 N–H and O–H groups in total. The predicted octanol–water partition coefficient (Wildman–Crippen LogP) is 5.00. The molecule has 0 atom stereocenters. The fourth-order valence-electron chi connectivity index (χ4n) is 2.80. The van der Waals surface area contributed by atoms with Crippen LogP contribution in [0.25, 0.3) is 10.2 Å². The lowest BCUT2D eigenvalue weighted by Gasteiger charge is -2.12. The second-order valence-electron chi connectivity index (χ2n) is 6.25. The molecular formula is C21H16BrN3O2S2. The van der Waals surface area contributed by atoms with Crippen molar-refractivity contribution in [2.24, 2.45) is 0 Å². The van der Waals surface area contributed by atoms with E-state index < -0.39 is 0 Å². The molecule has 8 heteroatoms. The van der Waals surface area contributed by atoms with Gasteiger partial charge >= 0.3 is 0 Å². The predicted molar refractivity (Wildman–Crippen MR) is 123 cm³/mol. The molecule has 0 spiro atoms. The number of benzene rings is 2. The number of carbonyl (C=O) groups is 1. The normalized spacial score (nSPS) is 10.9. The molecule has 2 aromatic heterocycles. The highest BCUT2D eigenvalue weighted by molar-refractivity contribution is 9.10. The third-order valence-corrected chi connectivity index (χ3v) is 6.57. The van der Waals surface area contributed by atoms with Crippen LogP contribution in [-0.4, -0.2) is 21.2 Å². The summed E-state index contributed by atoms with van der Waals surface area (Å²) < 4.78 is 3.22. The van der Waals surface area contributed by atoms with Gasteiger partial charge in [0.1, 0.15) is 4.70 Å². The Kier molecular flexibility index (Phi) is 6.13. The molecule has 0 aliphatic carbocycles. The third-order valence-electron chi connectivity index (χ3n) is 4.17. The largest absolute Gasteiger partial charge is 0.325 e. The van der Waals surface area contributed by atoms with Gasteiger partial charge < -0.3 is 5.32 Å². The maximum absolute atomic E-state index is 13.0. The van der Waals surface area contributed by atoms with Crippen LogP contribution in [0.4, 0.5) is 5.69 Å². The van der Waals surface area contributed by atoms with Gasteiger partial charge in [0, 0.05) is 10.2 Å². The van der Waals surface area contributed by atoms with E-state index in [0.29, 0.717) is 21.9 Å². The Morgan fingerprint density at radius 1 is 1.10 bits per heavy atom. The highest BCUT2D eigenvalue weighted by atomic mass is 79.9. The number of anilines is 1. The summed E-state index contributed by atoms with van der Waals surface area (Å²) in [6.07, 6.45) is 0. The molecule has 2 heterocycles. The first-order valence-electron chi connectivity index (χ1n) is 8.80. The maximum Gasteiger partial charge on any atom is 0.272 e. The number of amides is 1. The molecule has 2 aromatic carbocycles. The van der Waals surface area contributed by atoms with Crippen molar-refractivity contribution in [2.45, 2.75) is 11.7 Å². The van der Waals surface area contributed by atoms with Gasteiger partial charge in [-0.25, -0.2) is 4.98 Å². The zero-order valence-corrected chi connectivity index (χ0v) is 18.4. The molecule has 0 bridgehead atoms. The van der Waals surface area contributed by atoms with Crippen molar-refractivity contribution in [3.63, 3.8) is 0 Å². The van der Waals surface area contributed by atoms with Crippen LogP contribution in [0.15, 0.2) is 80.5 Å². The standard InChI is InChI=1S/C21H16BrN3O2S2/c22-15-6-8-16(9-7-15)23-18(26)13-29-21-24-17-10-11-28-19(17)20(27)25(21)12-14-4-2-1-3-5-14/h1-11H,12-13H2,(H,23,26). The molecule has 4 rings (SSSR count). The second-order valence-corrected chi connectivity index (χ2v) is 9.02. The van der Waals surface area contributed by atoms with Crippen molar-refractivity contribution in [1.29, 1.82) is 0 Å². The van der Waals surface area contributed by atoms with E-state index in [9.17, 15) is 9.59 Å². The number of thiophene rings is 1. The molecule has 0 aliphatic rings. The zero-order chi connectivity index (χ0) is 20.2. The lowest BCUT2D eigenvalue weighted by atomic mass is 10.2. The Hall–Kier alpha value is -2.42. The molecule has 0 saturated heterocycles. The van der Waals surface area contributed by atoms with Crippen molar-refractivity contribution in [1.82, 2.24) is 9.55 Å². The molecule has 0 unspecified atom stereocenters. The molecule has 146 valence electrons. The Balaban J connectivity index is 1.57. The van der Waals surface area contributed by atoms with Crippen molar-refractivity contribution in [3.8, 4) is 0 Å². The van der Waals surface area contributed by atoms with Crippen LogP contribution in [0.2, 0.25) is 0 Å². The summed E-state index contributed by atoms with van der Waals surface area (Å²) in [6.45, 7) is 0.414. The Morgan fingerprint density at radius 3 is 2.62 bits per heavy atom. The molecule has 0 radical (unpaired) electrons. The smallest absolute Gasteiger partial charge is 0.272 e. The van der Waals surface area contributed by atoms with Gasteiger partial charge in [0.25, 0.3) is 5.56 Å². The number of nitrogens with zero attached hydrogens (tertiary/aromatic N) is 2. The van der Waals surface area contributed by atoms with Gasteiger partial charge in [0.2, 0.25) is 5.91 Å². The van der Waals surface area contributed by atoms with E-state index in [0.717, 1.165) is 15.7 Å². The highest BCUT2D eigenvalue weighted by Crippen LogP contribution is 2.22. The molecule has 0 saturated carbocycles. The lowest BCUT2D eigenvalue weighted by molar-refractivity contribution is -0.113. The number of aromatic nitrogens is 2. The Morgan fingerprint density at radius 2 is 1.86 bits per heavy atom. The zero-order valence-electron chi connectivity index (χ0n) is 15.2. The van der Waals surface area contributed by atoms with Crippen LogP contribution < -0.4 is 10.9 Å². The quantitative estimate of drug-likeness (QED) is 0.308. The molecule has 5 nitrogen and oxygen atoms in total. The molecule has 29 heavy (non-hydrogen) atoms. The van der Waals surface area contributed by atoms with Gasteiger partial charge in [-0.05, 0) is 41.3 Å². The summed E-state index contributed by atoms with van der Waals surface area (Å²) in [7, 11) is 0. The summed E-state index contributed by atoms with van der Waals surface area (Å²) in [5.41, 5.74) is 2.32. The van der Waals surface area contributed by atoms with Crippen LogP contribution in [-0.2, 0) is 11.3 Å². The van der Waals surface area contributed by atoms with Crippen LogP contribution in [0, 0.1) is 0 Å². The van der Waals surface area contributed by atoms with E-state index in [4.69, 9.17) is 0 Å². The van der Waals surface area contributed by atoms with Gasteiger partial charge in [0.05, 0.1) is 17.8 Å². The molecule has 0 aliphatic heterocycles. The number of halogens is 1. The highest BCUT2D eigenvalue weighted by Gasteiger charge is 2.14. The van der Waals surface area contributed by atoms with E-state index in [1.54, 1.807) is 4.57 Å². The number of hydrogen-bond acceptors (Lipinski definition) is 5. The average molecular weight is 486 g/mol. The first kappa shape index (κ1) is 19.9. The first-order chi connectivity index (χ1) is 14.1. The summed E-state index contributed by atoms with van der Waals surface area (Å²) in [5, 5.41) is 5.26. The SMILES string of the molecule is O=C(CSc1nc2ccsc2c(=O)n1Cc1ccccc1)Nc1ccc(Br)cc1. The number of nitrogens with one attached hydrogen (secondary N) is 1. The second kappa shape index (κ2) is 8.94. The Bertz CT molecular complexity index is 1200. The van der Waals surface area contributed by atoms with E-state index in [1.807, 2.05) is 66.0 Å². The Labute approximate surface area is 183 Å². The maximum atomic E-state index is 13.0. The summed E-state index contributed by atoms with van der Waals surface area (Å²) in [5.74, 6) is 0.00989. The number of fused-ring (bicyclic) bond motifs is 1. The van der Waals surface area contributed by atoms with Crippen molar-refractivity contribution in [3.05, 3.63) is 86.4 Å². The number of thioether (sulfide) groups is 1. The molecular weight excluding hydrogens is 470 g/mol. The summed E-state index contributed by atoms with van der Waals surface area (Å²) in [4.78, 5) is 30.0. The van der Waals surface area contributed by atoms with Gasteiger partial charge in [-0.15, -0.1) is 11.3 Å². The van der Waals surface area contributed by atoms with Gasteiger partial charge in [0.15, 0.2) is 5.16 Å². The fourth-order valence-corrected chi connectivity index (χ4v) is 4.64. The van der Waals surface area contributed by atoms with Crippen LogP contribution in [0.1, 0.15) is 5.56 Å². The minimum atomic E-state index is -0.150. The number of rotatable bonds is 6. The molecule has 0 fully saturated rings. The van der Waals surface area contributed by atoms with E-state index in [-0.39, 0.29) is 17.2 Å². The topological polar surface area (TPSA) is 64.0 Å². The number of carbonyl (C=O) groups excluding carboxylic acids is 1. The van der Waals surface area contributed by atoms with Crippen molar-refractivity contribution >= 4 is 60.8 Å². The van der Waals surface area contributed by atoms with Crippen LogP contribution in [0.3, 0.4) is 0 Å². The summed E-state index contributed by atoms with van der Waals surface area (Å²) >= 11 is 6.03.